The van der Waals surface area contributed by atoms with Crippen LogP contribution in [0.1, 0.15) is 27.2 Å². The first-order valence-corrected chi connectivity index (χ1v) is 7.16. The molecule has 17 heavy (non-hydrogen) atoms. The van der Waals surface area contributed by atoms with Crippen LogP contribution in [-0.2, 0) is 19.4 Å². The summed E-state index contributed by atoms with van der Waals surface area (Å²) >= 11 is 0. The van der Waals surface area contributed by atoms with E-state index < -0.39 is 33.5 Å². The summed E-state index contributed by atoms with van der Waals surface area (Å²) in [6, 6.07) is -1.37. The number of aliphatic carboxylic acids is 1. The number of carboxylic acid groups (broad SMARTS) is 1. The SMILES string of the molecule is CC(=O)NC(CS(=O)(=O)CCC(C)C)C(=O)O. The van der Waals surface area contributed by atoms with E-state index in [2.05, 4.69) is 5.32 Å². The van der Waals surface area contributed by atoms with Gasteiger partial charge in [0.25, 0.3) is 0 Å². The quantitative estimate of drug-likeness (QED) is 0.676. The number of hydrogen-bond acceptors (Lipinski definition) is 4. The first-order chi connectivity index (χ1) is 7.64. The van der Waals surface area contributed by atoms with Gasteiger partial charge in [0.05, 0.1) is 11.5 Å². The Morgan fingerprint density at radius 1 is 1.29 bits per heavy atom. The normalized spacial score (nSPS) is 13.4. The van der Waals surface area contributed by atoms with Crippen LogP contribution < -0.4 is 5.32 Å². The Bertz CT molecular complexity index is 374. The van der Waals surface area contributed by atoms with E-state index in [9.17, 15) is 18.0 Å². The molecular formula is C10H19NO5S. The van der Waals surface area contributed by atoms with Crippen LogP contribution in [0.25, 0.3) is 0 Å². The third-order valence-electron chi connectivity index (χ3n) is 2.10. The molecule has 0 bridgehead atoms. The van der Waals surface area contributed by atoms with E-state index in [4.69, 9.17) is 5.11 Å². The topological polar surface area (TPSA) is 101 Å². The number of hydrogen-bond donors (Lipinski definition) is 2. The van der Waals surface area contributed by atoms with Crippen molar-refractivity contribution in [2.45, 2.75) is 33.2 Å². The van der Waals surface area contributed by atoms with Gasteiger partial charge in [0.2, 0.25) is 5.91 Å². The van der Waals surface area contributed by atoms with Gasteiger partial charge in [-0.05, 0) is 12.3 Å². The molecule has 100 valence electrons. The summed E-state index contributed by atoms with van der Waals surface area (Å²) in [5.41, 5.74) is 0. The first kappa shape index (κ1) is 15.9. The fraction of sp³-hybridized carbons (Fsp3) is 0.800. The van der Waals surface area contributed by atoms with Crippen molar-refractivity contribution in [2.75, 3.05) is 11.5 Å². The van der Waals surface area contributed by atoms with Gasteiger partial charge in [-0.2, -0.15) is 0 Å². The molecule has 0 aromatic carbocycles. The Balaban J connectivity index is 4.53. The molecule has 0 aliphatic rings. The van der Waals surface area contributed by atoms with Gasteiger partial charge in [0.15, 0.2) is 9.84 Å². The van der Waals surface area contributed by atoms with Crippen LogP contribution in [0.4, 0.5) is 0 Å². The lowest BCUT2D eigenvalue weighted by atomic mass is 10.2. The second-order valence-electron chi connectivity index (χ2n) is 4.39. The summed E-state index contributed by atoms with van der Waals surface area (Å²) in [5, 5.41) is 10.9. The zero-order valence-electron chi connectivity index (χ0n) is 10.3. The number of carbonyl (C=O) groups is 2. The fourth-order valence-electron chi connectivity index (χ4n) is 1.17. The van der Waals surface area contributed by atoms with E-state index in [0.29, 0.717) is 6.42 Å². The third kappa shape index (κ3) is 7.73. The Morgan fingerprint density at radius 2 is 1.82 bits per heavy atom. The lowest BCUT2D eigenvalue weighted by molar-refractivity contribution is -0.140. The number of sulfone groups is 1. The predicted octanol–water partition coefficient (Wildman–Crippen LogP) is 0.0366. The zero-order chi connectivity index (χ0) is 13.6. The molecule has 0 saturated carbocycles. The largest absolute Gasteiger partial charge is 0.480 e. The molecule has 0 aliphatic heterocycles. The number of carbonyl (C=O) groups excluding carboxylic acids is 1. The molecule has 7 heteroatoms. The molecule has 1 unspecified atom stereocenters. The van der Waals surface area contributed by atoms with Gasteiger partial charge in [-0.3, -0.25) is 4.79 Å². The van der Waals surface area contributed by atoms with Crippen molar-refractivity contribution in [2.24, 2.45) is 5.92 Å². The summed E-state index contributed by atoms with van der Waals surface area (Å²) in [4.78, 5) is 21.5. The van der Waals surface area contributed by atoms with Crippen LogP contribution in [0.3, 0.4) is 0 Å². The van der Waals surface area contributed by atoms with Gasteiger partial charge >= 0.3 is 5.97 Å². The number of amides is 1. The summed E-state index contributed by atoms with van der Waals surface area (Å²) < 4.78 is 23.2. The zero-order valence-corrected chi connectivity index (χ0v) is 11.1. The van der Waals surface area contributed by atoms with Crippen molar-refractivity contribution in [3.05, 3.63) is 0 Å². The Labute approximate surface area is 101 Å². The fourth-order valence-corrected chi connectivity index (χ4v) is 2.90. The Hall–Kier alpha value is -1.11. The highest BCUT2D eigenvalue weighted by Gasteiger charge is 2.25. The standard InChI is InChI=1S/C10H19NO5S/c1-7(2)4-5-17(15,16)6-9(10(13)14)11-8(3)12/h7,9H,4-6H2,1-3H3,(H,11,12)(H,13,14). The van der Waals surface area contributed by atoms with Crippen molar-refractivity contribution in [3.8, 4) is 0 Å². The molecule has 0 aliphatic carbocycles. The molecule has 0 rings (SSSR count). The van der Waals surface area contributed by atoms with E-state index in [1.54, 1.807) is 0 Å². The molecule has 1 amide bonds. The van der Waals surface area contributed by atoms with Crippen LogP contribution in [0.15, 0.2) is 0 Å². The molecular weight excluding hydrogens is 246 g/mol. The van der Waals surface area contributed by atoms with Gasteiger partial charge in [-0.1, -0.05) is 13.8 Å². The summed E-state index contributed by atoms with van der Waals surface area (Å²) in [6.45, 7) is 4.92. The molecule has 1 atom stereocenters. The maximum atomic E-state index is 11.6. The second kappa shape index (κ2) is 6.58. The Kier molecular flexibility index (Phi) is 6.15. The molecule has 0 fully saturated rings. The van der Waals surface area contributed by atoms with E-state index in [0.717, 1.165) is 6.92 Å². The molecule has 0 aromatic rings. The van der Waals surface area contributed by atoms with Crippen molar-refractivity contribution in [3.63, 3.8) is 0 Å². The average molecular weight is 265 g/mol. The van der Waals surface area contributed by atoms with Crippen molar-refractivity contribution in [1.29, 1.82) is 0 Å². The average Bonchev–Trinajstić information content (AvgIpc) is 2.12. The molecule has 0 spiro atoms. The molecule has 0 radical (unpaired) electrons. The second-order valence-corrected chi connectivity index (χ2v) is 6.62. The van der Waals surface area contributed by atoms with Crippen molar-refractivity contribution < 1.29 is 23.1 Å². The smallest absolute Gasteiger partial charge is 0.327 e. The highest BCUT2D eigenvalue weighted by molar-refractivity contribution is 7.91. The highest BCUT2D eigenvalue weighted by Crippen LogP contribution is 2.05. The number of nitrogens with one attached hydrogen (secondary N) is 1. The first-order valence-electron chi connectivity index (χ1n) is 5.34. The van der Waals surface area contributed by atoms with Gasteiger partial charge in [0, 0.05) is 6.92 Å². The lowest BCUT2D eigenvalue weighted by Crippen LogP contribution is -2.44. The van der Waals surface area contributed by atoms with Crippen molar-refractivity contribution >= 4 is 21.7 Å². The number of rotatable bonds is 7. The molecule has 2 N–H and O–H groups in total. The van der Waals surface area contributed by atoms with Gasteiger partial charge in [0.1, 0.15) is 6.04 Å². The molecule has 0 heterocycles. The van der Waals surface area contributed by atoms with E-state index in [-0.39, 0.29) is 11.7 Å². The van der Waals surface area contributed by atoms with Gasteiger partial charge in [-0.25, -0.2) is 13.2 Å². The van der Waals surface area contributed by atoms with Crippen LogP contribution in [0.2, 0.25) is 0 Å². The Morgan fingerprint density at radius 3 is 2.18 bits per heavy atom. The highest BCUT2D eigenvalue weighted by atomic mass is 32.2. The number of carboxylic acids is 1. The minimum Gasteiger partial charge on any atom is -0.480 e. The minimum atomic E-state index is -3.46. The van der Waals surface area contributed by atoms with Gasteiger partial charge < -0.3 is 10.4 Å². The maximum absolute atomic E-state index is 11.6. The van der Waals surface area contributed by atoms with E-state index in [1.807, 2.05) is 13.8 Å². The van der Waals surface area contributed by atoms with Crippen molar-refractivity contribution in [1.82, 2.24) is 5.32 Å². The van der Waals surface area contributed by atoms with Crippen LogP contribution in [0, 0.1) is 5.92 Å². The van der Waals surface area contributed by atoms with Crippen LogP contribution in [0.5, 0.6) is 0 Å². The predicted molar refractivity (Wildman–Crippen MR) is 63.3 cm³/mol. The molecule has 6 nitrogen and oxygen atoms in total. The molecule has 0 saturated heterocycles. The van der Waals surface area contributed by atoms with Crippen LogP contribution in [-0.4, -0.2) is 42.9 Å². The van der Waals surface area contributed by atoms with E-state index in [1.165, 1.54) is 0 Å². The monoisotopic (exact) mass is 265 g/mol. The minimum absolute atomic E-state index is 0.0615. The summed E-state index contributed by atoms with van der Waals surface area (Å²) in [5.74, 6) is -2.29. The maximum Gasteiger partial charge on any atom is 0.327 e. The molecule has 0 aromatic heterocycles. The summed E-state index contributed by atoms with van der Waals surface area (Å²) in [6.07, 6.45) is 0.481. The van der Waals surface area contributed by atoms with Gasteiger partial charge in [-0.15, -0.1) is 0 Å². The third-order valence-corrected chi connectivity index (χ3v) is 3.80. The lowest BCUT2D eigenvalue weighted by Gasteiger charge is -2.14. The van der Waals surface area contributed by atoms with Crippen LogP contribution >= 0.6 is 0 Å². The summed E-state index contributed by atoms with van der Waals surface area (Å²) in [7, 11) is -3.46. The van der Waals surface area contributed by atoms with E-state index >= 15 is 0 Å².